The number of ether oxygens (including phenoxy) is 2. The van der Waals surface area contributed by atoms with Gasteiger partial charge >= 0.3 is 27.0 Å². The van der Waals surface area contributed by atoms with Crippen LogP contribution in [0, 0.1) is 8.95 Å². The molecule has 2 amide bonds. The zero-order chi connectivity index (χ0) is 50.9. The molecule has 0 radical (unpaired) electrons. The summed E-state index contributed by atoms with van der Waals surface area (Å²) in [6.45, 7) is 29.9. The van der Waals surface area contributed by atoms with Crippen LogP contribution in [0.3, 0.4) is 0 Å². The Bertz CT molecular complexity index is 2550. The van der Waals surface area contributed by atoms with Crippen molar-refractivity contribution in [2.45, 2.75) is 119 Å². The first-order valence-electron chi connectivity index (χ1n) is 22.1. The maximum atomic E-state index is 12.3. The van der Waals surface area contributed by atoms with Crippen molar-refractivity contribution in [1.82, 2.24) is 45.1 Å². The van der Waals surface area contributed by atoms with Gasteiger partial charge in [0, 0.05) is 83.6 Å². The van der Waals surface area contributed by atoms with Gasteiger partial charge in [0.25, 0.3) is 11.8 Å². The molecule has 5 heterocycles. The SMILES string of the molecule is C.C.CNC(=O)c1nn(COCC[Si](C)(C)C)c2ccc(-c3cncs3)cc12.CNC(=O)c1nn(COCC[Si](C)(C)C)c2ccc(I)cc12.C[Si](C)(C)c1nc[c-]s1.C[Si](C)(C)c1nccs1.[Cl][Zn+]. The molecule has 0 aliphatic carbocycles. The van der Waals surface area contributed by atoms with Crippen molar-refractivity contribution in [2.24, 2.45) is 0 Å². The number of benzene rings is 2. The number of rotatable bonds is 15. The first kappa shape index (κ1) is 65.7. The van der Waals surface area contributed by atoms with E-state index in [1.165, 1.54) is 9.26 Å². The van der Waals surface area contributed by atoms with Gasteiger partial charge in [0.15, 0.2) is 11.4 Å². The number of halogens is 2. The Morgan fingerprint density at radius 3 is 1.60 bits per heavy atom. The molecule has 0 aliphatic rings. The van der Waals surface area contributed by atoms with Crippen molar-refractivity contribution >= 4 is 141 Å². The van der Waals surface area contributed by atoms with E-state index in [1.54, 1.807) is 69.2 Å². The minimum atomic E-state index is -1.13. The molecule has 0 aliphatic heterocycles. The van der Waals surface area contributed by atoms with E-state index in [0.29, 0.717) is 31.5 Å². The van der Waals surface area contributed by atoms with Crippen molar-refractivity contribution in [3.8, 4) is 10.4 Å². The average Bonchev–Trinajstić information content (AvgIpc) is 4.14. The van der Waals surface area contributed by atoms with Crippen LogP contribution in [0.1, 0.15) is 35.8 Å². The van der Waals surface area contributed by atoms with Crippen LogP contribution in [-0.4, -0.2) is 106 Å². The number of carbonyl (C=O) groups excluding carboxylic acids is 2. The van der Waals surface area contributed by atoms with Gasteiger partial charge in [-0.1, -0.05) is 110 Å². The number of hydrogen-bond donors (Lipinski definition) is 2. The number of aromatic nitrogens is 7. The molecular weight excluding hydrogens is 1190 g/mol. The number of carbonyl (C=O) groups is 2. The second kappa shape index (κ2) is 30.7. The summed E-state index contributed by atoms with van der Waals surface area (Å²) < 4.78 is 18.8. The van der Waals surface area contributed by atoms with Gasteiger partial charge in [-0.3, -0.25) is 19.6 Å². The van der Waals surface area contributed by atoms with Gasteiger partial charge in [-0.2, -0.15) is 15.6 Å². The summed E-state index contributed by atoms with van der Waals surface area (Å²) in [4.78, 5) is 37.9. The molecule has 5 aromatic heterocycles. The van der Waals surface area contributed by atoms with E-state index in [-0.39, 0.29) is 26.7 Å². The van der Waals surface area contributed by atoms with E-state index in [2.05, 4.69) is 142 Å². The number of thiazole rings is 3. The van der Waals surface area contributed by atoms with Gasteiger partial charge in [0.1, 0.15) is 21.5 Å². The minimum absolute atomic E-state index is 0. The predicted octanol–water partition coefficient (Wildman–Crippen LogP) is 12.3. The summed E-state index contributed by atoms with van der Waals surface area (Å²) in [6, 6.07) is 14.2. The molecule has 0 saturated heterocycles. The van der Waals surface area contributed by atoms with Gasteiger partial charge < -0.3 is 36.4 Å². The van der Waals surface area contributed by atoms with Crippen molar-refractivity contribution in [3.63, 3.8) is 0 Å². The number of hydrogen-bond acceptors (Lipinski definition) is 12. The third kappa shape index (κ3) is 21.6. The first-order chi connectivity index (χ1) is 31.9. The van der Waals surface area contributed by atoms with Crippen LogP contribution >= 0.6 is 66.3 Å². The molecule has 2 N–H and O–H groups in total. The van der Waals surface area contributed by atoms with E-state index >= 15 is 0 Å². The second-order valence-electron chi connectivity index (χ2n) is 19.9. The van der Waals surface area contributed by atoms with Gasteiger partial charge in [0.05, 0.1) is 26.1 Å². The fourth-order valence-electron chi connectivity index (χ4n) is 5.80. The van der Waals surface area contributed by atoms with Gasteiger partial charge in [0.2, 0.25) is 0 Å². The molecule has 7 rings (SSSR count). The molecule has 2 aromatic carbocycles. The molecule has 0 unspecified atom stereocenters. The van der Waals surface area contributed by atoms with E-state index in [4.69, 9.17) is 19.2 Å². The normalized spacial score (nSPS) is 11.3. The van der Waals surface area contributed by atoms with Crippen LogP contribution in [0.4, 0.5) is 0 Å². The fraction of sp³-hybridized carbons (Fsp3) is 0.468. The maximum absolute atomic E-state index is 12.3. The van der Waals surface area contributed by atoms with E-state index in [1.807, 2.05) is 54.2 Å². The van der Waals surface area contributed by atoms with Crippen molar-refractivity contribution < 1.29 is 36.4 Å². The zero-order valence-electron chi connectivity index (χ0n) is 42.0. The first-order valence-corrected chi connectivity index (χ1v) is 44.0. The Kier molecular flexibility index (Phi) is 28.8. The Morgan fingerprint density at radius 2 is 1.23 bits per heavy atom. The Morgan fingerprint density at radius 1 is 0.729 bits per heavy atom. The molecular formula is C47H75ClIN9O4S3Si4Zn. The monoisotopic (exact) mass is 1260 g/mol. The summed E-state index contributed by atoms with van der Waals surface area (Å²) in [5, 5.41) is 21.0. The Labute approximate surface area is 461 Å². The van der Waals surface area contributed by atoms with Crippen LogP contribution in [0.5, 0.6) is 0 Å². The molecule has 23 heteroatoms. The molecule has 0 bridgehead atoms. The summed E-state index contributed by atoms with van der Waals surface area (Å²) in [6.07, 6.45) is 5.48. The van der Waals surface area contributed by atoms with Crippen LogP contribution < -0.4 is 19.9 Å². The van der Waals surface area contributed by atoms with Crippen molar-refractivity contribution in [2.75, 3.05) is 27.3 Å². The molecule has 0 atom stereocenters. The Balaban J connectivity index is 0.000000499. The number of amides is 2. The molecule has 7 aromatic rings. The number of fused-ring (bicyclic) bond motifs is 2. The van der Waals surface area contributed by atoms with Crippen LogP contribution in [-0.2, 0) is 40.2 Å². The van der Waals surface area contributed by atoms with E-state index < -0.39 is 32.3 Å². The van der Waals surface area contributed by atoms with E-state index in [0.717, 1.165) is 71.8 Å². The second-order valence-corrected chi connectivity index (χ2v) is 45.7. The fourth-order valence-corrected chi connectivity index (χ4v) is 13.1. The Hall–Kier alpha value is -2.36. The van der Waals surface area contributed by atoms with E-state index in [9.17, 15) is 9.59 Å². The van der Waals surface area contributed by atoms with Crippen molar-refractivity contribution in [3.05, 3.63) is 86.2 Å². The van der Waals surface area contributed by atoms with Crippen LogP contribution in [0.2, 0.25) is 90.7 Å². The van der Waals surface area contributed by atoms with Gasteiger partial charge in [-0.25, -0.2) is 9.36 Å². The predicted molar refractivity (Wildman–Crippen MR) is 317 cm³/mol. The molecule has 382 valence electrons. The third-order valence-corrected chi connectivity index (χ3v) is 22.8. The molecule has 13 nitrogen and oxygen atoms in total. The molecule has 0 spiro atoms. The third-order valence-electron chi connectivity index (χ3n) is 9.59. The zero-order valence-corrected chi connectivity index (χ0v) is 54.4. The summed E-state index contributed by atoms with van der Waals surface area (Å²) in [7, 11) is 3.59. The molecule has 0 saturated carbocycles. The summed E-state index contributed by atoms with van der Waals surface area (Å²) in [5.74, 6) is -0.370. The quantitative estimate of drug-likeness (QED) is 0.0442. The van der Waals surface area contributed by atoms with Crippen LogP contribution in [0.25, 0.3) is 32.2 Å². The topological polar surface area (TPSA) is 151 Å². The standard InChI is InChI=1S/C18H24N4O2SSi.C15H22IN3O2Si.C6H11NSSi.C6H10NSSi.2CH4.ClH.Zn/c1-19-18(23)17-14-9-13(16-10-20-11-25-16)5-6-15(14)22(21-17)12-24-7-8-26(2,3)4;1-17-15(20)14-12-9-11(16)5-6-13(12)19(18-14)10-21-7-8-22(2,3)4;2*1-9(2,3)6-7-4-5-8-6;;;;/h5-6,9-11H,7-8,12H2,1-4H3,(H,19,23);5-6,9H,7-8,10H2,1-4H3,(H,17,20);4-5H,1-3H3;4H,1-3H3;2*1H4;1H;/q;;;-1;;;;+2/p-1. The summed E-state index contributed by atoms with van der Waals surface area (Å²) in [5.41, 5.74) is 5.52. The number of nitrogens with zero attached hydrogens (tertiary/aromatic N) is 7. The molecule has 0 fully saturated rings. The molecule has 70 heavy (non-hydrogen) atoms. The van der Waals surface area contributed by atoms with Crippen molar-refractivity contribution in [1.29, 1.82) is 0 Å². The number of nitrogens with one attached hydrogen (secondary N) is 2. The average molecular weight is 1270 g/mol. The van der Waals surface area contributed by atoms with Gasteiger partial charge in [-0.15, -0.1) is 22.7 Å². The van der Waals surface area contributed by atoms with Gasteiger partial charge in [-0.05, 0) is 70.6 Å². The van der Waals surface area contributed by atoms with Crippen LogP contribution in [0.15, 0.2) is 65.9 Å². The summed E-state index contributed by atoms with van der Waals surface area (Å²) >= 11 is 8.09.